The molecule has 9 nitrogen and oxygen atoms in total. The van der Waals surface area contributed by atoms with E-state index in [1.165, 1.54) is 16.4 Å². The van der Waals surface area contributed by atoms with Crippen LogP contribution in [-0.4, -0.2) is 37.0 Å². The Morgan fingerprint density at radius 1 is 1.45 bits per heavy atom. The maximum Gasteiger partial charge on any atom is 0.230 e. The van der Waals surface area contributed by atoms with E-state index in [9.17, 15) is 4.79 Å². The van der Waals surface area contributed by atoms with Gasteiger partial charge in [-0.05, 0) is 22.6 Å². The summed E-state index contributed by atoms with van der Waals surface area (Å²) in [4.78, 5) is 11.8. The second-order valence-electron chi connectivity index (χ2n) is 4.31. The van der Waals surface area contributed by atoms with Gasteiger partial charge in [-0.1, -0.05) is 16.9 Å². The van der Waals surface area contributed by atoms with Crippen molar-refractivity contribution in [1.82, 2.24) is 30.7 Å². The second kappa shape index (κ2) is 6.43. The Labute approximate surface area is 129 Å². The highest BCUT2D eigenvalue weighted by atomic mass is 32.2. The minimum Gasteiger partial charge on any atom is -0.461 e. The van der Waals surface area contributed by atoms with Crippen LogP contribution < -0.4 is 5.32 Å². The molecule has 0 aliphatic carbocycles. The third-order valence-corrected chi connectivity index (χ3v) is 3.71. The van der Waals surface area contributed by atoms with Crippen LogP contribution in [0.5, 0.6) is 0 Å². The lowest BCUT2D eigenvalue weighted by atomic mass is 10.3. The number of hydrogen-bond acceptors (Lipinski definition) is 8. The fourth-order valence-electron chi connectivity index (χ4n) is 1.64. The number of furan rings is 1. The van der Waals surface area contributed by atoms with Crippen molar-refractivity contribution in [2.75, 3.05) is 5.75 Å². The number of rotatable bonds is 6. The van der Waals surface area contributed by atoms with Gasteiger partial charge in [0.05, 0.1) is 18.6 Å². The first kappa shape index (κ1) is 14.3. The highest BCUT2D eigenvalue weighted by Crippen LogP contribution is 2.20. The number of carbonyl (C=O) groups is 1. The van der Waals surface area contributed by atoms with Gasteiger partial charge in [-0.3, -0.25) is 4.79 Å². The van der Waals surface area contributed by atoms with Crippen LogP contribution in [0.4, 0.5) is 0 Å². The Balaban J connectivity index is 1.48. The predicted octanol–water partition coefficient (Wildman–Crippen LogP) is 0.867. The topological polar surface area (TPSA) is 112 Å². The fraction of sp³-hybridized carbons (Fsp3) is 0.250. The predicted molar refractivity (Wildman–Crippen MR) is 75.6 cm³/mol. The molecule has 3 aromatic rings. The molecule has 114 valence electrons. The van der Waals surface area contributed by atoms with E-state index in [4.69, 9.17) is 8.94 Å². The van der Waals surface area contributed by atoms with Crippen molar-refractivity contribution < 1.29 is 13.7 Å². The molecular weight excluding hydrogens is 308 g/mol. The minimum atomic E-state index is -0.143. The number of aromatic nitrogens is 5. The average Bonchev–Trinajstić information content (AvgIpc) is 3.24. The summed E-state index contributed by atoms with van der Waals surface area (Å²) in [5.74, 6) is 1.19. The lowest BCUT2D eigenvalue weighted by molar-refractivity contribution is -0.118. The van der Waals surface area contributed by atoms with Gasteiger partial charge in [-0.25, -0.2) is 4.68 Å². The van der Waals surface area contributed by atoms with Crippen molar-refractivity contribution in [2.24, 2.45) is 7.05 Å². The molecule has 0 unspecified atom stereocenters. The molecule has 3 aromatic heterocycles. The van der Waals surface area contributed by atoms with E-state index in [2.05, 4.69) is 26.0 Å². The van der Waals surface area contributed by atoms with Crippen molar-refractivity contribution in [2.45, 2.75) is 11.7 Å². The lowest BCUT2D eigenvalue weighted by Gasteiger charge is -2.01. The van der Waals surface area contributed by atoms with Gasteiger partial charge in [-0.2, -0.15) is 0 Å². The number of nitrogens with zero attached hydrogens (tertiary/aromatic N) is 5. The summed E-state index contributed by atoms with van der Waals surface area (Å²) in [6, 6.07) is 5.26. The van der Waals surface area contributed by atoms with E-state index in [-0.39, 0.29) is 18.2 Å². The molecule has 0 bridgehead atoms. The Morgan fingerprint density at radius 3 is 3.09 bits per heavy atom. The summed E-state index contributed by atoms with van der Waals surface area (Å²) < 4.78 is 11.9. The molecule has 0 aliphatic heterocycles. The largest absolute Gasteiger partial charge is 0.461 e. The van der Waals surface area contributed by atoms with Gasteiger partial charge in [0.1, 0.15) is 5.69 Å². The maximum absolute atomic E-state index is 11.8. The molecule has 0 saturated carbocycles. The zero-order chi connectivity index (χ0) is 15.4. The minimum absolute atomic E-state index is 0.143. The van der Waals surface area contributed by atoms with Crippen LogP contribution in [0.1, 0.15) is 5.69 Å². The molecule has 10 heteroatoms. The first-order valence-electron chi connectivity index (χ1n) is 6.33. The van der Waals surface area contributed by atoms with Crippen LogP contribution in [0.15, 0.2) is 38.6 Å². The Kier molecular flexibility index (Phi) is 4.19. The first-order valence-corrected chi connectivity index (χ1v) is 7.32. The van der Waals surface area contributed by atoms with Gasteiger partial charge < -0.3 is 14.3 Å². The second-order valence-corrected chi connectivity index (χ2v) is 5.25. The van der Waals surface area contributed by atoms with E-state index in [1.807, 2.05) is 0 Å². The third-order valence-electron chi connectivity index (χ3n) is 2.70. The maximum atomic E-state index is 11.8. The van der Waals surface area contributed by atoms with Crippen molar-refractivity contribution in [3.63, 3.8) is 0 Å². The number of amides is 1. The normalized spacial score (nSPS) is 10.8. The summed E-state index contributed by atoms with van der Waals surface area (Å²) in [6.07, 6.45) is 1.55. The molecule has 1 N–H and O–H groups in total. The number of thioether (sulfide) groups is 1. The van der Waals surface area contributed by atoms with Crippen molar-refractivity contribution in [3.05, 3.63) is 30.2 Å². The molecule has 3 rings (SSSR count). The highest BCUT2D eigenvalue weighted by molar-refractivity contribution is 7.99. The van der Waals surface area contributed by atoms with Gasteiger partial charge in [0, 0.05) is 13.1 Å². The zero-order valence-electron chi connectivity index (χ0n) is 11.6. The monoisotopic (exact) mass is 320 g/mol. The number of aryl methyl sites for hydroxylation is 1. The molecule has 3 heterocycles. The van der Waals surface area contributed by atoms with Crippen LogP contribution >= 0.6 is 11.8 Å². The molecule has 1 amide bonds. The van der Waals surface area contributed by atoms with Crippen LogP contribution in [0.25, 0.3) is 11.5 Å². The third kappa shape index (κ3) is 3.34. The Hall–Kier alpha value is -2.62. The van der Waals surface area contributed by atoms with Gasteiger partial charge >= 0.3 is 0 Å². The molecule has 0 aromatic carbocycles. The van der Waals surface area contributed by atoms with Gasteiger partial charge in [0.25, 0.3) is 0 Å². The lowest BCUT2D eigenvalue weighted by Crippen LogP contribution is -2.24. The SMILES string of the molecule is Cn1nnnc1SCC(=O)NCc1cc(-c2ccco2)on1. The highest BCUT2D eigenvalue weighted by Gasteiger charge is 2.11. The molecule has 0 spiro atoms. The van der Waals surface area contributed by atoms with Crippen molar-refractivity contribution in [3.8, 4) is 11.5 Å². The van der Waals surface area contributed by atoms with Crippen molar-refractivity contribution >= 4 is 17.7 Å². The Bertz CT molecular complexity index is 751. The van der Waals surface area contributed by atoms with Crippen LogP contribution in [0.3, 0.4) is 0 Å². The van der Waals surface area contributed by atoms with Crippen LogP contribution in [0, 0.1) is 0 Å². The van der Waals surface area contributed by atoms with Gasteiger partial charge in [-0.15, -0.1) is 5.10 Å². The summed E-state index contributed by atoms with van der Waals surface area (Å²) in [7, 11) is 1.71. The van der Waals surface area contributed by atoms with E-state index in [0.717, 1.165) is 0 Å². The molecule has 0 saturated heterocycles. The number of hydrogen-bond donors (Lipinski definition) is 1. The van der Waals surface area contributed by atoms with Crippen LogP contribution in [-0.2, 0) is 18.4 Å². The van der Waals surface area contributed by atoms with Gasteiger partial charge in [0.15, 0.2) is 5.76 Å². The van der Waals surface area contributed by atoms with E-state index in [1.54, 1.807) is 31.5 Å². The number of carbonyl (C=O) groups excluding carboxylic acids is 1. The number of nitrogens with one attached hydrogen (secondary N) is 1. The quantitative estimate of drug-likeness (QED) is 0.666. The van der Waals surface area contributed by atoms with E-state index >= 15 is 0 Å². The molecule has 0 atom stereocenters. The van der Waals surface area contributed by atoms with E-state index in [0.29, 0.717) is 22.4 Å². The van der Waals surface area contributed by atoms with Crippen molar-refractivity contribution in [1.29, 1.82) is 0 Å². The fourth-order valence-corrected chi connectivity index (χ4v) is 2.32. The van der Waals surface area contributed by atoms with Crippen LogP contribution in [0.2, 0.25) is 0 Å². The summed E-state index contributed by atoms with van der Waals surface area (Å²) in [5, 5.41) is 18.2. The first-order chi connectivity index (χ1) is 10.7. The molecule has 0 aliphatic rings. The molecule has 22 heavy (non-hydrogen) atoms. The molecule has 0 fully saturated rings. The summed E-state index contributed by atoms with van der Waals surface area (Å²) in [6.45, 7) is 0.278. The zero-order valence-corrected chi connectivity index (χ0v) is 12.4. The number of tetrazole rings is 1. The van der Waals surface area contributed by atoms with Gasteiger partial charge in [0.2, 0.25) is 16.8 Å². The smallest absolute Gasteiger partial charge is 0.230 e. The van der Waals surface area contributed by atoms with E-state index < -0.39 is 0 Å². The molecular formula is C12H12N6O3S. The molecule has 0 radical (unpaired) electrons. The summed E-state index contributed by atoms with van der Waals surface area (Å²) >= 11 is 1.26. The average molecular weight is 320 g/mol. The standard InChI is InChI=1S/C12H12N6O3S/c1-18-12(14-16-17-18)22-7-11(19)13-6-8-5-10(21-15-8)9-3-2-4-20-9/h2-5H,6-7H2,1H3,(H,13,19). The Morgan fingerprint density at radius 2 is 2.36 bits per heavy atom. The summed E-state index contributed by atoms with van der Waals surface area (Å²) in [5.41, 5.74) is 0.616.